The number of carboxylic acids is 1. The molecule has 0 aliphatic rings. The number of carboxylic acid groups (broad SMARTS) is 1. The zero-order chi connectivity index (χ0) is 10.0. The van der Waals surface area contributed by atoms with Crippen LogP contribution in [0, 0.1) is 0 Å². The molecule has 0 amide bonds. The van der Waals surface area contributed by atoms with E-state index in [-0.39, 0.29) is 11.0 Å². The molecular formula is C7H6BBrO4. The molecule has 0 atom stereocenters. The molecule has 0 unspecified atom stereocenters. The van der Waals surface area contributed by atoms with Crippen LogP contribution in [0.5, 0.6) is 0 Å². The van der Waals surface area contributed by atoms with Crippen LogP contribution in [0.3, 0.4) is 0 Å². The fourth-order valence-corrected chi connectivity index (χ4v) is 1.33. The minimum absolute atomic E-state index is 0.0197. The number of carbonyl (C=O) groups is 1. The highest BCUT2D eigenvalue weighted by molar-refractivity contribution is 9.10. The Labute approximate surface area is 83.1 Å². The van der Waals surface area contributed by atoms with Crippen LogP contribution in [-0.2, 0) is 0 Å². The first-order valence-electron chi connectivity index (χ1n) is 3.41. The van der Waals surface area contributed by atoms with Crippen LogP contribution in [-0.4, -0.2) is 28.2 Å². The zero-order valence-electron chi connectivity index (χ0n) is 6.44. The number of rotatable bonds is 2. The van der Waals surface area contributed by atoms with Crippen LogP contribution in [0.2, 0.25) is 0 Å². The largest absolute Gasteiger partial charge is 0.489 e. The monoisotopic (exact) mass is 244 g/mol. The number of hydrogen-bond donors (Lipinski definition) is 3. The van der Waals surface area contributed by atoms with Gasteiger partial charge in [-0.25, -0.2) is 4.79 Å². The second-order valence-corrected chi connectivity index (χ2v) is 3.27. The predicted octanol–water partition coefficient (Wildman–Crippen LogP) is -0.173. The van der Waals surface area contributed by atoms with Crippen molar-refractivity contribution in [3.05, 3.63) is 28.2 Å². The van der Waals surface area contributed by atoms with Crippen LogP contribution in [0.4, 0.5) is 0 Å². The summed E-state index contributed by atoms with van der Waals surface area (Å²) in [7, 11) is -1.67. The van der Waals surface area contributed by atoms with Gasteiger partial charge in [0.15, 0.2) is 0 Å². The smallest absolute Gasteiger partial charge is 0.478 e. The lowest BCUT2D eigenvalue weighted by atomic mass is 9.79. The average molecular weight is 245 g/mol. The van der Waals surface area contributed by atoms with Gasteiger partial charge in [0.05, 0.1) is 5.56 Å². The quantitative estimate of drug-likeness (QED) is 0.632. The van der Waals surface area contributed by atoms with E-state index in [9.17, 15) is 4.79 Å². The predicted molar refractivity (Wildman–Crippen MR) is 50.9 cm³/mol. The van der Waals surface area contributed by atoms with Gasteiger partial charge in [0, 0.05) is 4.47 Å². The Morgan fingerprint density at radius 1 is 1.38 bits per heavy atom. The van der Waals surface area contributed by atoms with Crippen molar-refractivity contribution in [2.24, 2.45) is 0 Å². The zero-order valence-corrected chi connectivity index (χ0v) is 8.02. The maximum atomic E-state index is 10.5. The topological polar surface area (TPSA) is 77.8 Å². The maximum Gasteiger partial charge on any atom is 0.489 e. The Balaban J connectivity index is 3.19. The summed E-state index contributed by atoms with van der Waals surface area (Å²) in [6.07, 6.45) is 0. The van der Waals surface area contributed by atoms with Crippen LogP contribution >= 0.6 is 15.9 Å². The van der Waals surface area contributed by atoms with E-state index in [4.69, 9.17) is 15.2 Å². The Kier molecular flexibility index (Phi) is 3.08. The van der Waals surface area contributed by atoms with Gasteiger partial charge in [-0.05, 0) is 23.7 Å². The van der Waals surface area contributed by atoms with Gasteiger partial charge in [-0.3, -0.25) is 0 Å². The number of aromatic carboxylic acids is 1. The van der Waals surface area contributed by atoms with Gasteiger partial charge in [0.1, 0.15) is 0 Å². The maximum absolute atomic E-state index is 10.5. The molecule has 0 saturated carbocycles. The van der Waals surface area contributed by atoms with Gasteiger partial charge in [-0.2, -0.15) is 0 Å². The molecule has 1 aromatic carbocycles. The molecule has 3 N–H and O–H groups in total. The fourth-order valence-electron chi connectivity index (χ4n) is 0.875. The molecule has 0 heterocycles. The first kappa shape index (κ1) is 10.2. The lowest BCUT2D eigenvalue weighted by molar-refractivity contribution is 0.0697. The normalized spacial score (nSPS) is 9.77. The number of hydrogen-bond acceptors (Lipinski definition) is 3. The molecule has 0 fully saturated rings. The van der Waals surface area contributed by atoms with Crippen LogP contribution in [0.25, 0.3) is 0 Å². The van der Waals surface area contributed by atoms with Crippen molar-refractivity contribution in [2.45, 2.75) is 0 Å². The van der Waals surface area contributed by atoms with Crippen LogP contribution in [0.1, 0.15) is 10.4 Å². The molecule has 13 heavy (non-hydrogen) atoms. The van der Waals surface area contributed by atoms with Gasteiger partial charge >= 0.3 is 13.1 Å². The van der Waals surface area contributed by atoms with Gasteiger partial charge < -0.3 is 15.2 Å². The first-order chi connectivity index (χ1) is 6.02. The molecule has 0 spiro atoms. The van der Waals surface area contributed by atoms with E-state index < -0.39 is 13.1 Å². The van der Waals surface area contributed by atoms with E-state index >= 15 is 0 Å². The van der Waals surface area contributed by atoms with Gasteiger partial charge in [-0.15, -0.1) is 0 Å². The fraction of sp³-hybridized carbons (Fsp3) is 0. The average Bonchev–Trinajstić information content (AvgIpc) is 2.04. The lowest BCUT2D eigenvalue weighted by Gasteiger charge is -2.03. The summed E-state index contributed by atoms with van der Waals surface area (Å²) in [6, 6.07) is 4.04. The summed E-state index contributed by atoms with van der Waals surface area (Å²) in [5.41, 5.74) is 0.159. The Hall–Kier alpha value is -0.845. The highest BCUT2D eigenvalue weighted by atomic mass is 79.9. The third kappa shape index (κ3) is 2.30. The van der Waals surface area contributed by atoms with Gasteiger partial charge in [0.25, 0.3) is 0 Å². The number of benzene rings is 1. The molecule has 0 radical (unpaired) electrons. The molecule has 0 aliphatic heterocycles. The standard InChI is InChI=1S/C7H6BBrO4/c9-6-2-1-4(7(10)11)3-5(6)8(12)13/h1-3,12-13H,(H,10,11). The molecule has 0 bridgehead atoms. The summed E-state index contributed by atoms with van der Waals surface area (Å²) in [5, 5.41) is 26.3. The van der Waals surface area contributed by atoms with Crippen molar-refractivity contribution >= 4 is 34.5 Å². The lowest BCUT2D eigenvalue weighted by Crippen LogP contribution is -2.31. The molecule has 6 heteroatoms. The van der Waals surface area contributed by atoms with E-state index in [0.717, 1.165) is 0 Å². The Morgan fingerprint density at radius 3 is 2.46 bits per heavy atom. The van der Waals surface area contributed by atoms with E-state index in [1.54, 1.807) is 0 Å². The van der Waals surface area contributed by atoms with Crippen molar-refractivity contribution in [1.29, 1.82) is 0 Å². The third-order valence-electron chi connectivity index (χ3n) is 1.52. The SMILES string of the molecule is O=C(O)c1ccc(Br)c(B(O)O)c1. The highest BCUT2D eigenvalue weighted by Gasteiger charge is 2.16. The molecule has 4 nitrogen and oxygen atoms in total. The summed E-state index contributed by atoms with van der Waals surface area (Å²) < 4.78 is 0.465. The third-order valence-corrected chi connectivity index (χ3v) is 2.24. The van der Waals surface area contributed by atoms with Crippen molar-refractivity contribution in [3.8, 4) is 0 Å². The highest BCUT2D eigenvalue weighted by Crippen LogP contribution is 2.09. The van der Waals surface area contributed by atoms with Crippen molar-refractivity contribution in [3.63, 3.8) is 0 Å². The van der Waals surface area contributed by atoms with Gasteiger partial charge in [0.2, 0.25) is 0 Å². The van der Waals surface area contributed by atoms with Crippen LogP contribution < -0.4 is 5.46 Å². The molecule has 68 valence electrons. The van der Waals surface area contributed by atoms with E-state index in [1.165, 1.54) is 18.2 Å². The van der Waals surface area contributed by atoms with E-state index in [2.05, 4.69) is 15.9 Å². The molecule has 0 aliphatic carbocycles. The number of halogens is 1. The summed E-state index contributed by atoms with van der Waals surface area (Å²) in [5.74, 6) is -1.10. The molecule has 1 rings (SSSR count). The summed E-state index contributed by atoms with van der Waals surface area (Å²) in [4.78, 5) is 10.5. The first-order valence-corrected chi connectivity index (χ1v) is 4.20. The van der Waals surface area contributed by atoms with Crippen molar-refractivity contribution in [2.75, 3.05) is 0 Å². The summed E-state index contributed by atoms with van der Waals surface area (Å²) >= 11 is 3.07. The minimum atomic E-state index is -1.67. The second-order valence-electron chi connectivity index (χ2n) is 2.42. The molecule has 0 saturated heterocycles. The van der Waals surface area contributed by atoms with Crippen molar-refractivity contribution in [1.82, 2.24) is 0 Å². The van der Waals surface area contributed by atoms with Crippen LogP contribution in [0.15, 0.2) is 22.7 Å². The Morgan fingerprint density at radius 2 is 2.00 bits per heavy atom. The molecule has 0 aromatic heterocycles. The molecular weight excluding hydrogens is 239 g/mol. The van der Waals surface area contributed by atoms with Gasteiger partial charge in [-0.1, -0.05) is 15.9 Å². The van der Waals surface area contributed by atoms with E-state index in [1.807, 2.05) is 0 Å². The van der Waals surface area contributed by atoms with Crippen molar-refractivity contribution < 1.29 is 19.9 Å². The Bertz CT molecular complexity index is 339. The second kappa shape index (κ2) is 3.91. The minimum Gasteiger partial charge on any atom is -0.478 e. The molecule has 1 aromatic rings. The van der Waals surface area contributed by atoms with E-state index in [0.29, 0.717) is 4.47 Å². The summed E-state index contributed by atoms with van der Waals surface area (Å²) in [6.45, 7) is 0.